The van der Waals surface area contributed by atoms with E-state index in [4.69, 9.17) is 4.74 Å². The quantitative estimate of drug-likeness (QED) is 0.612. The third kappa shape index (κ3) is 3.75. The molecule has 6 heteroatoms. The average molecular weight is 349 g/mol. The number of amides is 1. The van der Waals surface area contributed by atoms with E-state index in [0.717, 1.165) is 22.4 Å². The van der Waals surface area contributed by atoms with Gasteiger partial charge in [-0.25, -0.2) is 0 Å². The van der Waals surface area contributed by atoms with Crippen LogP contribution in [0.2, 0.25) is 0 Å². The molecule has 0 radical (unpaired) electrons. The van der Waals surface area contributed by atoms with Crippen molar-refractivity contribution < 1.29 is 14.6 Å². The molecule has 6 nitrogen and oxygen atoms in total. The molecule has 0 aliphatic heterocycles. The van der Waals surface area contributed by atoms with E-state index in [9.17, 15) is 9.90 Å². The second-order valence-electron chi connectivity index (χ2n) is 5.68. The van der Waals surface area contributed by atoms with Crippen LogP contribution in [0, 0.1) is 6.92 Å². The minimum Gasteiger partial charge on any atom is -0.504 e. The molecule has 0 unspecified atom stereocenters. The maximum absolute atomic E-state index is 12.3. The fourth-order valence-corrected chi connectivity index (χ4v) is 2.60. The molecule has 0 bridgehead atoms. The number of H-pyrrole nitrogens is 1. The summed E-state index contributed by atoms with van der Waals surface area (Å²) in [5.41, 5.74) is 4.14. The number of aryl methyl sites for hydroxylation is 1. The summed E-state index contributed by atoms with van der Waals surface area (Å²) in [7, 11) is 1.48. The number of methoxy groups -OCH3 is 1. The maximum Gasteiger partial charge on any atom is 0.248 e. The van der Waals surface area contributed by atoms with E-state index in [0.29, 0.717) is 11.4 Å². The van der Waals surface area contributed by atoms with Crippen LogP contribution in [0.15, 0.2) is 54.7 Å². The number of aromatic nitrogens is 2. The third-order valence-corrected chi connectivity index (χ3v) is 3.94. The third-order valence-electron chi connectivity index (χ3n) is 3.94. The van der Waals surface area contributed by atoms with Gasteiger partial charge in [-0.2, -0.15) is 5.10 Å². The minimum absolute atomic E-state index is 0.0542. The molecule has 0 fully saturated rings. The lowest BCUT2D eigenvalue weighted by atomic mass is 10.0. The summed E-state index contributed by atoms with van der Waals surface area (Å²) in [5, 5.41) is 19.5. The lowest BCUT2D eigenvalue weighted by Gasteiger charge is -2.09. The molecule has 2 aromatic carbocycles. The van der Waals surface area contributed by atoms with Gasteiger partial charge in [0.15, 0.2) is 11.5 Å². The summed E-state index contributed by atoms with van der Waals surface area (Å²) in [6.07, 6.45) is 4.90. The Bertz CT molecular complexity index is 960. The van der Waals surface area contributed by atoms with Gasteiger partial charge < -0.3 is 15.2 Å². The van der Waals surface area contributed by atoms with Crippen LogP contribution in [0.4, 0.5) is 5.69 Å². The number of carbonyl (C=O) groups excluding carboxylic acids is 1. The first-order valence-corrected chi connectivity index (χ1v) is 8.04. The SMILES string of the molecule is COc1cc(/C=C/C(=O)Nc2ccccc2-c2c[nH]nc2C)ccc1O. The number of hydrogen-bond donors (Lipinski definition) is 3. The Morgan fingerprint density at radius 1 is 1.23 bits per heavy atom. The molecular weight excluding hydrogens is 330 g/mol. The second kappa shape index (κ2) is 7.57. The monoisotopic (exact) mass is 349 g/mol. The van der Waals surface area contributed by atoms with E-state index in [1.807, 2.05) is 31.2 Å². The van der Waals surface area contributed by atoms with E-state index in [1.54, 1.807) is 24.4 Å². The number of benzene rings is 2. The Morgan fingerprint density at radius 3 is 2.77 bits per heavy atom. The summed E-state index contributed by atoms with van der Waals surface area (Å²) in [6.45, 7) is 1.91. The number of hydrogen-bond acceptors (Lipinski definition) is 4. The summed E-state index contributed by atoms with van der Waals surface area (Å²) in [6, 6.07) is 12.4. The number of anilines is 1. The van der Waals surface area contributed by atoms with Crippen molar-refractivity contribution in [3.63, 3.8) is 0 Å². The summed E-state index contributed by atoms with van der Waals surface area (Å²) >= 11 is 0. The zero-order chi connectivity index (χ0) is 18.5. The zero-order valence-corrected chi connectivity index (χ0v) is 14.5. The molecule has 0 saturated heterocycles. The number of nitrogens with one attached hydrogen (secondary N) is 2. The number of para-hydroxylation sites is 1. The molecule has 0 aliphatic carbocycles. The van der Waals surface area contributed by atoms with E-state index < -0.39 is 0 Å². The Morgan fingerprint density at radius 2 is 2.04 bits per heavy atom. The van der Waals surface area contributed by atoms with Gasteiger partial charge >= 0.3 is 0 Å². The number of phenolic OH excluding ortho intramolecular Hbond substituents is 1. The van der Waals surface area contributed by atoms with Crippen molar-refractivity contribution in [2.75, 3.05) is 12.4 Å². The van der Waals surface area contributed by atoms with Gasteiger partial charge in [-0.3, -0.25) is 9.89 Å². The largest absolute Gasteiger partial charge is 0.504 e. The van der Waals surface area contributed by atoms with Gasteiger partial charge in [0.2, 0.25) is 5.91 Å². The van der Waals surface area contributed by atoms with Gasteiger partial charge in [0, 0.05) is 29.1 Å². The molecular formula is C20H19N3O3. The van der Waals surface area contributed by atoms with Gasteiger partial charge in [-0.15, -0.1) is 0 Å². The molecule has 0 spiro atoms. The minimum atomic E-state index is -0.259. The van der Waals surface area contributed by atoms with Crippen molar-refractivity contribution in [1.82, 2.24) is 10.2 Å². The van der Waals surface area contributed by atoms with Gasteiger partial charge in [-0.1, -0.05) is 24.3 Å². The molecule has 26 heavy (non-hydrogen) atoms. The predicted octanol–water partition coefficient (Wildman–Crippen LogP) is 3.75. The first-order valence-electron chi connectivity index (χ1n) is 8.04. The molecule has 0 saturated carbocycles. The highest BCUT2D eigenvalue weighted by Crippen LogP contribution is 2.29. The van der Waals surface area contributed by atoms with Crippen LogP contribution in [0.3, 0.4) is 0 Å². The Hall–Kier alpha value is -3.54. The van der Waals surface area contributed by atoms with E-state index >= 15 is 0 Å². The van der Waals surface area contributed by atoms with Crippen LogP contribution in [-0.2, 0) is 4.79 Å². The van der Waals surface area contributed by atoms with Crippen LogP contribution >= 0.6 is 0 Å². The lowest BCUT2D eigenvalue weighted by molar-refractivity contribution is -0.111. The maximum atomic E-state index is 12.3. The summed E-state index contributed by atoms with van der Waals surface area (Å²) in [5.74, 6) is 0.150. The van der Waals surface area contributed by atoms with Crippen LogP contribution in [0.25, 0.3) is 17.2 Å². The van der Waals surface area contributed by atoms with Gasteiger partial charge in [-0.05, 0) is 36.8 Å². The van der Waals surface area contributed by atoms with Crippen LogP contribution < -0.4 is 10.1 Å². The van der Waals surface area contributed by atoms with Gasteiger partial charge in [0.05, 0.1) is 12.8 Å². The number of rotatable bonds is 5. The van der Waals surface area contributed by atoms with E-state index in [1.165, 1.54) is 19.3 Å². The lowest BCUT2D eigenvalue weighted by Crippen LogP contribution is -2.08. The molecule has 1 amide bonds. The van der Waals surface area contributed by atoms with Crippen LogP contribution in [-0.4, -0.2) is 28.3 Å². The molecule has 1 aromatic heterocycles. The normalized spacial score (nSPS) is 10.8. The Balaban J connectivity index is 1.78. The molecule has 0 atom stereocenters. The van der Waals surface area contributed by atoms with Crippen molar-refractivity contribution in [1.29, 1.82) is 0 Å². The number of ether oxygens (including phenoxy) is 1. The average Bonchev–Trinajstić information content (AvgIpc) is 3.07. The molecule has 3 rings (SSSR count). The Labute approximate surface area is 151 Å². The van der Waals surface area contributed by atoms with E-state index in [2.05, 4.69) is 15.5 Å². The molecule has 1 heterocycles. The smallest absolute Gasteiger partial charge is 0.248 e. The van der Waals surface area contributed by atoms with Crippen LogP contribution in [0.5, 0.6) is 11.5 Å². The number of nitrogens with zero attached hydrogens (tertiary/aromatic N) is 1. The Kier molecular flexibility index (Phi) is 5.03. The number of aromatic amines is 1. The zero-order valence-electron chi connectivity index (χ0n) is 14.5. The fourth-order valence-electron chi connectivity index (χ4n) is 2.60. The van der Waals surface area contributed by atoms with E-state index in [-0.39, 0.29) is 11.7 Å². The molecule has 3 N–H and O–H groups in total. The first kappa shape index (κ1) is 17.3. The van der Waals surface area contributed by atoms with Gasteiger partial charge in [0.25, 0.3) is 0 Å². The van der Waals surface area contributed by atoms with Crippen molar-refractivity contribution in [3.05, 3.63) is 66.0 Å². The number of aromatic hydroxyl groups is 1. The number of carbonyl (C=O) groups is 1. The van der Waals surface area contributed by atoms with Crippen molar-refractivity contribution in [2.45, 2.75) is 6.92 Å². The van der Waals surface area contributed by atoms with Crippen molar-refractivity contribution in [2.24, 2.45) is 0 Å². The first-order chi connectivity index (χ1) is 12.6. The van der Waals surface area contributed by atoms with Crippen LogP contribution in [0.1, 0.15) is 11.3 Å². The highest BCUT2D eigenvalue weighted by Gasteiger charge is 2.10. The summed E-state index contributed by atoms with van der Waals surface area (Å²) in [4.78, 5) is 12.3. The molecule has 0 aliphatic rings. The highest BCUT2D eigenvalue weighted by atomic mass is 16.5. The highest BCUT2D eigenvalue weighted by molar-refractivity contribution is 6.04. The standard InChI is InChI=1S/C20H19N3O3/c1-13-16(12-21-23-13)15-5-3-4-6-17(15)22-20(25)10-8-14-7-9-18(24)19(11-14)26-2/h3-12,24H,1-2H3,(H,21,23)(H,22,25)/b10-8+. The second-order valence-corrected chi connectivity index (χ2v) is 5.68. The van der Waals surface area contributed by atoms with Crippen molar-refractivity contribution in [3.8, 4) is 22.6 Å². The summed E-state index contributed by atoms with van der Waals surface area (Å²) < 4.78 is 5.06. The number of phenols is 1. The van der Waals surface area contributed by atoms with Gasteiger partial charge in [0.1, 0.15) is 0 Å². The van der Waals surface area contributed by atoms with Crippen molar-refractivity contribution >= 4 is 17.7 Å². The molecule has 132 valence electrons. The predicted molar refractivity (Wildman–Crippen MR) is 101 cm³/mol. The molecule has 3 aromatic rings. The topological polar surface area (TPSA) is 87.2 Å². The fraction of sp³-hybridized carbons (Fsp3) is 0.100.